The smallest absolute Gasteiger partial charge is 0.338 e. The number of hydrogen-bond donors (Lipinski definition) is 5. The second-order valence-electron chi connectivity index (χ2n) is 6.71. The quantitative estimate of drug-likeness (QED) is 0.447. The van der Waals surface area contributed by atoms with Crippen molar-refractivity contribution in [2.45, 2.75) is 58.0 Å². The molecule has 1 aromatic carbocycles. The van der Waals surface area contributed by atoms with Crippen molar-refractivity contribution < 1.29 is 39.5 Å². The van der Waals surface area contributed by atoms with E-state index >= 15 is 0 Å². The molecule has 9 nitrogen and oxygen atoms in total. The van der Waals surface area contributed by atoms with Crippen LogP contribution in [0.15, 0.2) is 24.3 Å². The molecule has 0 aromatic heterocycles. The third kappa shape index (κ3) is 9.13. The van der Waals surface area contributed by atoms with Gasteiger partial charge in [-0.05, 0) is 44.9 Å². The van der Waals surface area contributed by atoms with E-state index in [0.29, 0.717) is 5.56 Å². The lowest BCUT2D eigenvalue weighted by molar-refractivity contribution is -0.165. The summed E-state index contributed by atoms with van der Waals surface area (Å²) in [4.78, 5) is 31.4. The highest BCUT2D eigenvalue weighted by atomic mass is 16.6. The summed E-state index contributed by atoms with van der Waals surface area (Å²) in [5.74, 6) is -3.84. The molecule has 0 aliphatic rings. The number of hydrogen-bond acceptors (Lipinski definition) is 7. The van der Waals surface area contributed by atoms with Gasteiger partial charge in [0.25, 0.3) is 0 Å². The van der Waals surface area contributed by atoms with Crippen molar-refractivity contribution in [2.24, 2.45) is 5.73 Å². The molecule has 0 aliphatic heterocycles. The van der Waals surface area contributed by atoms with Gasteiger partial charge in [-0.25, -0.2) is 14.4 Å². The van der Waals surface area contributed by atoms with Crippen molar-refractivity contribution in [3.05, 3.63) is 35.4 Å². The minimum atomic E-state index is -2.27. The fourth-order valence-corrected chi connectivity index (χ4v) is 1.74. The highest BCUT2D eigenvalue weighted by Gasteiger charge is 2.29. The van der Waals surface area contributed by atoms with Gasteiger partial charge in [-0.3, -0.25) is 0 Å². The molecule has 9 heteroatoms. The van der Waals surface area contributed by atoms with E-state index in [1.165, 1.54) is 0 Å². The first kappa shape index (κ1) is 24.5. The molecular weight excluding hydrogens is 358 g/mol. The number of carbonyl (C=O) groups excluding carboxylic acids is 1. The molecule has 6 N–H and O–H groups in total. The third-order valence-corrected chi connectivity index (χ3v) is 3.19. The standard InChI is InChI=1S/C14H21NO2.C4H6O6/c1-5-12(15)10-7-6-8-11(9-10)13(16)17-14(2,3)4;5-1(3(7)8)2(6)4(9)10/h6-9,12H,5,15H2,1-4H3;1-2,5-6H,(H,7,8)(H,9,10)/t12-;/m0./s1. The fourth-order valence-electron chi connectivity index (χ4n) is 1.74. The van der Waals surface area contributed by atoms with Crippen LogP contribution in [0.4, 0.5) is 0 Å². The van der Waals surface area contributed by atoms with Crippen LogP contribution in [0.1, 0.15) is 56.1 Å². The minimum Gasteiger partial charge on any atom is -0.479 e. The molecule has 152 valence electrons. The molecule has 0 amide bonds. The number of aliphatic hydroxyl groups is 2. The van der Waals surface area contributed by atoms with E-state index < -0.39 is 29.7 Å². The van der Waals surface area contributed by atoms with Gasteiger partial charge in [0.2, 0.25) is 0 Å². The topological polar surface area (TPSA) is 167 Å². The number of nitrogens with two attached hydrogens (primary N) is 1. The zero-order valence-electron chi connectivity index (χ0n) is 15.7. The van der Waals surface area contributed by atoms with Crippen LogP contribution in [0.5, 0.6) is 0 Å². The average Bonchev–Trinajstić information content (AvgIpc) is 2.58. The summed E-state index contributed by atoms with van der Waals surface area (Å²) in [6, 6.07) is 7.30. The molecule has 1 aromatic rings. The van der Waals surface area contributed by atoms with Crippen molar-refractivity contribution in [2.75, 3.05) is 0 Å². The maximum Gasteiger partial charge on any atom is 0.338 e. The molecule has 0 heterocycles. The number of rotatable bonds is 6. The van der Waals surface area contributed by atoms with Crippen molar-refractivity contribution in [3.63, 3.8) is 0 Å². The Morgan fingerprint density at radius 1 is 1.07 bits per heavy atom. The second kappa shape index (κ2) is 10.6. The van der Waals surface area contributed by atoms with Crippen LogP contribution < -0.4 is 5.73 Å². The Morgan fingerprint density at radius 2 is 1.56 bits per heavy atom. The normalized spacial score (nSPS) is 14.2. The summed E-state index contributed by atoms with van der Waals surface area (Å²) < 4.78 is 5.31. The fraction of sp³-hybridized carbons (Fsp3) is 0.500. The number of ether oxygens (including phenoxy) is 1. The summed E-state index contributed by atoms with van der Waals surface area (Å²) in [5.41, 5.74) is 6.99. The lowest BCUT2D eigenvalue weighted by atomic mass is 10.0. The van der Waals surface area contributed by atoms with Crippen LogP contribution in [0.2, 0.25) is 0 Å². The first-order valence-electron chi connectivity index (χ1n) is 8.20. The van der Waals surface area contributed by atoms with E-state index in [1.807, 2.05) is 45.9 Å². The van der Waals surface area contributed by atoms with E-state index in [0.717, 1.165) is 12.0 Å². The number of carbonyl (C=O) groups is 3. The summed E-state index contributed by atoms with van der Waals surface area (Å²) in [6.07, 6.45) is -3.69. The maximum absolute atomic E-state index is 11.9. The number of aliphatic hydroxyl groups excluding tert-OH is 2. The molecule has 2 unspecified atom stereocenters. The molecule has 0 saturated heterocycles. The molecule has 0 spiro atoms. The van der Waals surface area contributed by atoms with E-state index in [1.54, 1.807) is 6.07 Å². The lowest BCUT2D eigenvalue weighted by Gasteiger charge is -2.20. The van der Waals surface area contributed by atoms with Crippen LogP contribution in [-0.2, 0) is 14.3 Å². The highest BCUT2D eigenvalue weighted by Crippen LogP contribution is 2.17. The summed E-state index contributed by atoms with van der Waals surface area (Å²) in [5, 5.41) is 32.5. The van der Waals surface area contributed by atoms with Gasteiger partial charge in [0.05, 0.1) is 5.56 Å². The first-order valence-corrected chi connectivity index (χ1v) is 8.20. The molecule has 1 rings (SSSR count). The van der Waals surface area contributed by atoms with Gasteiger partial charge >= 0.3 is 17.9 Å². The van der Waals surface area contributed by atoms with E-state index in [9.17, 15) is 14.4 Å². The van der Waals surface area contributed by atoms with Gasteiger partial charge in [0.15, 0.2) is 12.2 Å². The predicted octanol–water partition coefficient (Wildman–Crippen LogP) is 0.929. The van der Waals surface area contributed by atoms with Gasteiger partial charge in [-0.2, -0.15) is 0 Å². The minimum absolute atomic E-state index is 0.0302. The third-order valence-electron chi connectivity index (χ3n) is 3.19. The largest absolute Gasteiger partial charge is 0.479 e. The van der Waals surface area contributed by atoms with Gasteiger partial charge < -0.3 is 30.9 Å². The van der Waals surface area contributed by atoms with Crippen molar-refractivity contribution in [3.8, 4) is 0 Å². The van der Waals surface area contributed by atoms with E-state index in [-0.39, 0.29) is 12.0 Å². The van der Waals surface area contributed by atoms with Crippen LogP contribution >= 0.6 is 0 Å². The van der Waals surface area contributed by atoms with E-state index in [2.05, 4.69) is 0 Å². The van der Waals surface area contributed by atoms with Crippen LogP contribution in [0.3, 0.4) is 0 Å². The van der Waals surface area contributed by atoms with Crippen molar-refractivity contribution in [1.82, 2.24) is 0 Å². The van der Waals surface area contributed by atoms with Gasteiger partial charge in [-0.1, -0.05) is 19.1 Å². The number of benzene rings is 1. The molecule has 0 bridgehead atoms. The number of aliphatic carboxylic acids is 2. The lowest BCUT2D eigenvalue weighted by Crippen LogP contribution is -2.39. The van der Waals surface area contributed by atoms with Crippen molar-refractivity contribution in [1.29, 1.82) is 0 Å². The Kier molecular flexibility index (Phi) is 9.63. The Labute approximate surface area is 157 Å². The Bertz CT molecular complexity index is 635. The second-order valence-corrected chi connectivity index (χ2v) is 6.71. The Balaban J connectivity index is 0.000000580. The SMILES string of the molecule is CC[C@H](N)c1cccc(C(=O)OC(C)(C)C)c1.O=C(O)C(O)C(O)C(=O)O. The van der Waals surface area contributed by atoms with Crippen LogP contribution in [-0.4, -0.2) is 56.1 Å². The molecule has 0 radical (unpaired) electrons. The van der Waals surface area contributed by atoms with Gasteiger partial charge in [-0.15, -0.1) is 0 Å². The molecular formula is C18H27NO8. The van der Waals surface area contributed by atoms with E-state index in [4.69, 9.17) is 30.9 Å². The number of esters is 1. The number of carboxylic acid groups (broad SMARTS) is 2. The van der Waals surface area contributed by atoms with Gasteiger partial charge in [0, 0.05) is 6.04 Å². The van der Waals surface area contributed by atoms with Gasteiger partial charge in [0.1, 0.15) is 5.60 Å². The van der Waals surface area contributed by atoms with Crippen LogP contribution in [0, 0.1) is 0 Å². The molecule has 0 fully saturated rings. The van der Waals surface area contributed by atoms with Crippen LogP contribution in [0.25, 0.3) is 0 Å². The molecule has 0 aliphatic carbocycles. The zero-order chi connectivity index (χ0) is 21.4. The summed E-state index contributed by atoms with van der Waals surface area (Å²) >= 11 is 0. The van der Waals surface area contributed by atoms with Crippen molar-refractivity contribution >= 4 is 17.9 Å². The summed E-state index contributed by atoms with van der Waals surface area (Å²) in [7, 11) is 0. The monoisotopic (exact) mass is 385 g/mol. The Hall–Kier alpha value is -2.49. The average molecular weight is 385 g/mol. The number of carboxylic acids is 2. The summed E-state index contributed by atoms with van der Waals surface area (Å²) in [6.45, 7) is 7.58. The Morgan fingerprint density at radius 3 is 1.93 bits per heavy atom. The predicted molar refractivity (Wildman–Crippen MR) is 96.1 cm³/mol. The maximum atomic E-state index is 11.9. The highest BCUT2D eigenvalue weighted by molar-refractivity contribution is 5.89. The first-order chi connectivity index (χ1) is 12.3. The zero-order valence-corrected chi connectivity index (χ0v) is 15.7. The molecule has 27 heavy (non-hydrogen) atoms. The molecule has 3 atom stereocenters. The molecule has 0 saturated carbocycles.